The maximum absolute atomic E-state index is 12.9. The zero-order chi connectivity index (χ0) is 20.3. The second-order valence-corrected chi connectivity index (χ2v) is 8.09. The first-order valence-corrected chi connectivity index (χ1v) is 10.4. The highest BCUT2D eigenvalue weighted by molar-refractivity contribution is 7.16. The van der Waals surface area contributed by atoms with Crippen LogP contribution < -0.4 is 10.9 Å². The topological polar surface area (TPSA) is 79.8 Å². The van der Waals surface area contributed by atoms with Gasteiger partial charge in [0.15, 0.2) is 0 Å². The van der Waals surface area contributed by atoms with Crippen LogP contribution in [0, 0.1) is 13.8 Å². The van der Waals surface area contributed by atoms with E-state index in [9.17, 15) is 9.59 Å². The molecular weight excluding hydrogens is 396 g/mol. The Kier molecular flexibility index (Phi) is 6.36. The van der Waals surface area contributed by atoms with Gasteiger partial charge >= 0.3 is 0 Å². The predicted molar refractivity (Wildman–Crippen MR) is 113 cm³/mol. The second-order valence-electron chi connectivity index (χ2n) is 6.68. The average Bonchev–Trinajstić information content (AvgIpc) is 3.18. The number of aromatic nitrogens is 3. The molecule has 0 saturated carbocycles. The Morgan fingerprint density at radius 2 is 2.00 bits per heavy atom. The van der Waals surface area contributed by atoms with Crippen molar-refractivity contribution < 1.29 is 4.79 Å². The van der Waals surface area contributed by atoms with E-state index in [1.165, 1.54) is 16.0 Å². The predicted octanol–water partition coefficient (Wildman–Crippen LogP) is 4.01. The number of thiazole rings is 1. The molecule has 3 aromatic rings. The number of aryl methyl sites for hydroxylation is 2. The first kappa shape index (κ1) is 20.4. The van der Waals surface area contributed by atoms with Gasteiger partial charge in [-0.15, -0.1) is 0 Å². The minimum absolute atomic E-state index is 0.146. The van der Waals surface area contributed by atoms with Gasteiger partial charge in [-0.1, -0.05) is 48.4 Å². The van der Waals surface area contributed by atoms with Gasteiger partial charge in [0, 0.05) is 29.2 Å². The summed E-state index contributed by atoms with van der Waals surface area (Å²) in [6.07, 6.45) is 2.45. The summed E-state index contributed by atoms with van der Waals surface area (Å²) in [5.74, 6) is -0.146. The molecule has 0 fully saturated rings. The number of H-pyrrole nitrogens is 1. The normalized spacial score (nSPS) is 11.0. The van der Waals surface area contributed by atoms with Crippen molar-refractivity contribution in [2.75, 3.05) is 6.54 Å². The van der Waals surface area contributed by atoms with Crippen LogP contribution in [0.15, 0.2) is 29.1 Å². The highest BCUT2D eigenvalue weighted by Crippen LogP contribution is 2.21. The molecule has 148 valence electrons. The largest absolute Gasteiger partial charge is 0.351 e. The molecule has 0 aliphatic rings. The van der Waals surface area contributed by atoms with Crippen molar-refractivity contribution in [1.82, 2.24) is 20.1 Å². The molecule has 2 aromatic heterocycles. The van der Waals surface area contributed by atoms with Crippen LogP contribution in [0.2, 0.25) is 5.02 Å². The van der Waals surface area contributed by atoms with Gasteiger partial charge in [-0.05, 0) is 38.0 Å². The molecule has 0 spiro atoms. The molecule has 0 atom stereocenters. The van der Waals surface area contributed by atoms with Crippen LogP contribution in [0.1, 0.15) is 52.0 Å². The van der Waals surface area contributed by atoms with Crippen molar-refractivity contribution in [2.45, 2.75) is 40.0 Å². The summed E-state index contributed by atoms with van der Waals surface area (Å²) in [5.41, 5.74) is 2.92. The molecule has 2 heterocycles. The maximum Gasteiger partial charge on any atom is 0.277 e. The lowest BCUT2D eigenvalue weighted by Gasteiger charge is -2.01. The third-order valence-corrected chi connectivity index (χ3v) is 5.88. The summed E-state index contributed by atoms with van der Waals surface area (Å²) in [4.78, 5) is 30.3. The Labute approximate surface area is 172 Å². The van der Waals surface area contributed by atoms with E-state index in [2.05, 4.69) is 22.3 Å². The van der Waals surface area contributed by atoms with Gasteiger partial charge in [0.05, 0.1) is 5.69 Å². The van der Waals surface area contributed by atoms with Crippen molar-refractivity contribution in [1.29, 1.82) is 0 Å². The average molecular weight is 419 g/mol. The van der Waals surface area contributed by atoms with Crippen LogP contribution >= 0.6 is 22.9 Å². The summed E-state index contributed by atoms with van der Waals surface area (Å²) >= 11 is 7.15. The molecule has 0 unspecified atom stereocenters. The number of carbonyl (C=O) groups excluding carboxylic acids is 1. The van der Waals surface area contributed by atoms with Gasteiger partial charge in [0.1, 0.15) is 4.88 Å². The molecule has 3 rings (SSSR count). The summed E-state index contributed by atoms with van der Waals surface area (Å²) < 4.78 is 1.42. The zero-order valence-electron chi connectivity index (χ0n) is 16.1. The van der Waals surface area contributed by atoms with Crippen LogP contribution in [0.5, 0.6) is 0 Å². The van der Waals surface area contributed by atoms with E-state index >= 15 is 0 Å². The molecule has 0 bridgehead atoms. The van der Waals surface area contributed by atoms with Crippen molar-refractivity contribution in [2.24, 2.45) is 0 Å². The number of hydrogen-bond donors (Lipinski definition) is 2. The van der Waals surface area contributed by atoms with E-state index in [1.54, 1.807) is 6.92 Å². The number of rotatable bonds is 7. The summed E-state index contributed by atoms with van der Waals surface area (Å²) in [7, 11) is 0. The van der Waals surface area contributed by atoms with E-state index in [-0.39, 0.29) is 11.5 Å². The fourth-order valence-electron chi connectivity index (χ4n) is 2.88. The lowest BCUT2D eigenvalue weighted by Crippen LogP contribution is -2.24. The number of hydrogen-bond acceptors (Lipinski definition) is 4. The third kappa shape index (κ3) is 4.36. The molecule has 0 radical (unpaired) electrons. The van der Waals surface area contributed by atoms with E-state index in [4.69, 9.17) is 11.6 Å². The molecule has 2 N–H and O–H groups in total. The molecule has 8 heteroatoms. The summed E-state index contributed by atoms with van der Waals surface area (Å²) in [6.45, 7) is 6.35. The first-order chi connectivity index (χ1) is 13.4. The van der Waals surface area contributed by atoms with E-state index < -0.39 is 0 Å². The van der Waals surface area contributed by atoms with Gasteiger partial charge in [-0.2, -0.15) is 4.68 Å². The van der Waals surface area contributed by atoms with E-state index in [0.29, 0.717) is 39.3 Å². The molecule has 1 amide bonds. The van der Waals surface area contributed by atoms with Crippen LogP contribution in [0.25, 0.3) is 5.13 Å². The molecule has 0 aliphatic heterocycles. The number of unbranched alkanes of at least 4 members (excludes halogenated alkanes) is 1. The van der Waals surface area contributed by atoms with Gasteiger partial charge < -0.3 is 5.32 Å². The van der Waals surface area contributed by atoms with Crippen LogP contribution in [0.3, 0.4) is 0 Å². The third-order valence-electron chi connectivity index (χ3n) is 4.49. The standard InChI is InChI=1S/C20H23ClN4O2S/c1-4-5-10-22-18(26)17-13(3)23-20(28-17)25-19(27)16(12(2)24-25)11-14-6-8-15(21)9-7-14/h6-9,24H,4-5,10-11H2,1-3H3,(H,22,26). The highest BCUT2D eigenvalue weighted by Gasteiger charge is 2.19. The fourth-order valence-corrected chi connectivity index (χ4v) is 3.95. The number of nitrogens with one attached hydrogen (secondary N) is 2. The Morgan fingerprint density at radius 3 is 2.68 bits per heavy atom. The van der Waals surface area contributed by atoms with Crippen LogP contribution in [0.4, 0.5) is 0 Å². The summed E-state index contributed by atoms with van der Waals surface area (Å²) in [5, 5.41) is 7.11. The van der Waals surface area contributed by atoms with Crippen molar-refractivity contribution in [3.05, 3.63) is 67.0 Å². The number of nitrogens with zero attached hydrogens (tertiary/aromatic N) is 2. The monoisotopic (exact) mass is 418 g/mol. The number of benzene rings is 1. The SMILES string of the molecule is CCCCNC(=O)c1sc(-n2[nH]c(C)c(Cc3ccc(Cl)cc3)c2=O)nc1C. The number of halogens is 1. The summed E-state index contributed by atoms with van der Waals surface area (Å²) in [6, 6.07) is 7.44. The van der Waals surface area contributed by atoms with Crippen LogP contribution in [-0.4, -0.2) is 27.2 Å². The molecule has 0 saturated heterocycles. The Balaban J connectivity index is 1.87. The quantitative estimate of drug-likeness (QED) is 0.569. The zero-order valence-corrected chi connectivity index (χ0v) is 17.7. The second kappa shape index (κ2) is 8.75. The lowest BCUT2D eigenvalue weighted by atomic mass is 10.1. The fraction of sp³-hybridized carbons (Fsp3) is 0.350. The maximum atomic E-state index is 12.9. The Morgan fingerprint density at radius 1 is 1.29 bits per heavy atom. The molecule has 1 aromatic carbocycles. The van der Waals surface area contributed by atoms with Crippen molar-refractivity contribution in [3.8, 4) is 5.13 Å². The van der Waals surface area contributed by atoms with Gasteiger partial charge in [0.2, 0.25) is 5.13 Å². The van der Waals surface area contributed by atoms with Gasteiger partial charge in [0.25, 0.3) is 11.5 Å². The minimum atomic E-state index is -0.154. The number of amides is 1. The van der Waals surface area contributed by atoms with Crippen molar-refractivity contribution in [3.63, 3.8) is 0 Å². The molecular formula is C20H23ClN4O2S. The number of aromatic amines is 1. The smallest absolute Gasteiger partial charge is 0.277 e. The van der Waals surface area contributed by atoms with Crippen LogP contribution in [-0.2, 0) is 6.42 Å². The highest BCUT2D eigenvalue weighted by atomic mass is 35.5. The van der Waals surface area contributed by atoms with Gasteiger partial charge in [-0.25, -0.2) is 4.98 Å². The van der Waals surface area contributed by atoms with E-state index in [1.807, 2.05) is 31.2 Å². The van der Waals surface area contributed by atoms with Gasteiger partial charge in [-0.3, -0.25) is 14.7 Å². The Bertz CT molecular complexity index is 1030. The Hall–Kier alpha value is -2.38. The molecule has 0 aliphatic carbocycles. The minimum Gasteiger partial charge on any atom is -0.351 e. The van der Waals surface area contributed by atoms with Crippen molar-refractivity contribution >= 4 is 28.8 Å². The lowest BCUT2D eigenvalue weighted by molar-refractivity contribution is 0.0956. The molecule has 6 nitrogen and oxygen atoms in total. The first-order valence-electron chi connectivity index (χ1n) is 9.21. The number of carbonyl (C=O) groups is 1. The van der Waals surface area contributed by atoms with E-state index in [0.717, 1.165) is 24.1 Å². The molecule has 28 heavy (non-hydrogen) atoms.